The van der Waals surface area contributed by atoms with Gasteiger partial charge in [0.15, 0.2) is 0 Å². The van der Waals surface area contributed by atoms with E-state index in [2.05, 4.69) is 25.8 Å². The smallest absolute Gasteiger partial charge is 0.416 e. The van der Waals surface area contributed by atoms with Gasteiger partial charge in [-0.3, -0.25) is 4.90 Å². The first-order valence-corrected chi connectivity index (χ1v) is 13.2. The van der Waals surface area contributed by atoms with Crippen molar-refractivity contribution in [3.05, 3.63) is 36.7 Å². The summed E-state index contributed by atoms with van der Waals surface area (Å²) in [7, 11) is 1.60. The van der Waals surface area contributed by atoms with Gasteiger partial charge in [-0.15, -0.1) is 0 Å². The minimum Gasteiger partial charge on any atom is -0.495 e. The third-order valence-electron chi connectivity index (χ3n) is 8.32. The number of carbonyl (C=O) groups is 1. The van der Waals surface area contributed by atoms with Crippen LogP contribution >= 0.6 is 0 Å². The van der Waals surface area contributed by atoms with Gasteiger partial charge in [0.05, 0.1) is 31.7 Å². The normalized spacial score (nSPS) is 23.0. The molecular formula is C27H35N5O4. The average molecular weight is 494 g/mol. The molecule has 4 aliphatic rings. The van der Waals surface area contributed by atoms with Crippen molar-refractivity contribution in [2.75, 3.05) is 49.6 Å². The van der Waals surface area contributed by atoms with Gasteiger partial charge >= 0.3 is 6.09 Å². The van der Waals surface area contributed by atoms with Gasteiger partial charge in [-0.2, -0.15) is 0 Å². The van der Waals surface area contributed by atoms with Gasteiger partial charge in [0.2, 0.25) is 5.88 Å². The fourth-order valence-corrected chi connectivity index (χ4v) is 5.80. The second-order valence-corrected chi connectivity index (χ2v) is 10.5. The van der Waals surface area contributed by atoms with Gasteiger partial charge < -0.3 is 24.0 Å². The summed E-state index contributed by atoms with van der Waals surface area (Å²) in [5.41, 5.74) is 0.607. The number of likely N-dealkylation sites (tertiary alicyclic amines) is 1. The van der Waals surface area contributed by atoms with Gasteiger partial charge in [-0.25, -0.2) is 14.8 Å². The Labute approximate surface area is 212 Å². The van der Waals surface area contributed by atoms with E-state index < -0.39 is 5.60 Å². The van der Waals surface area contributed by atoms with Crippen molar-refractivity contribution in [1.29, 1.82) is 0 Å². The van der Waals surface area contributed by atoms with Crippen molar-refractivity contribution in [1.82, 2.24) is 14.9 Å². The molecule has 0 bridgehead atoms. The molecule has 9 nitrogen and oxygen atoms in total. The minimum absolute atomic E-state index is 0.259. The Morgan fingerprint density at radius 3 is 2.39 bits per heavy atom. The molecule has 5 heterocycles. The molecule has 1 saturated carbocycles. The lowest BCUT2D eigenvalue weighted by Crippen LogP contribution is -2.47. The Hall–Kier alpha value is -3.07. The lowest BCUT2D eigenvalue weighted by molar-refractivity contribution is 0.0366. The molecule has 1 aliphatic carbocycles. The summed E-state index contributed by atoms with van der Waals surface area (Å²) in [5.74, 6) is 1.96. The van der Waals surface area contributed by atoms with E-state index in [1.807, 2.05) is 18.3 Å². The number of anilines is 2. The molecular weight excluding hydrogens is 458 g/mol. The van der Waals surface area contributed by atoms with Crippen molar-refractivity contribution in [2.45, 2.75) is 62.7 Å². The number of methoxy groups -OCH3 is 1. The predicted molar refractivity (Wildman–Crippen MR) is 136 cm³/mol. The number of piperidine rings is 2. The number of carbonyl (C=O) groups excluding carboxylic acids is 1. The zero-order chi connectivity index (χ0) is 24.5. The molecule has 1 amide bonds. The highest BCUT2D eigenvalue weighted by molar-refractivity contribution is 5.89. The summed E-state index contributed by atoms with van der Waals surface area (Å²) in [5, 5.41) is 0. The molecule has 2 aromatic rings. The highest BCUT2D eigenvalue weighted by atomic mass is 16.6. The number of nitrogens with zero attached hydrogens (tertiary/aromatic N) is 5. The van der Waals surface area contributed by atoms with Crippen LogP contribution in [0.2, 0.25) is 0 Å². The second-order valence-electron chi connectivity index (χ2n) is 10.5. The predicted octanol–water partition coefficient (Wildman–Crippen LogP) is 3.88. The number of aromatic nitrogens is 2. The molecule has 1 spiro atoms. The minimum atomic E-state index is -0.472. The number of amides is 1. The molecule has 36 heavy (non-hydrogen) atoms. The number of rotatable bonds is 6. The quantitative estimate of drug-likeness (QED) is 0.600. The first kappa shape index (κ1) is 23.3. The van der Waals surface area contributed by atoms with E-state index in [1.54, 1.807) is 24.3 Å². The van der Waals surface area contributed by atoms with Crippen LogP contribution in [-0.2, 0) is 4.74 Å². The van der Waals surface area contributed by atoms with Crippen LogP contribution in [-0.4, -0.2) is 78.5 Å². The molecule has 0 atom stereocenters. The van der Waals surface area contributed by atoms with E-state index in [4.69, 9.17) is 14.2 Å². The number of pyridine rings is 2. The molecule has 3 saturated heterocycles. The van der Waals surface area contributed by atoms with Gasteiger partial charge in [-0.05, 0) is 43.9 Å². The lowest BCUT2D eigenvalue weighted by Gasteiger charge is -2.41. The van der Waals surface area contributed by atoms with Crippen LogP contribution in [0.5, 0.6) is 11.6 Å². The van der Waals surface area contributed by atoms with Crippen molar-refractivity contribution in [2.24, 2.45) is 0 Å². The summed E-state index contributed by atoms with van der Waals surface area (Å²) < 4.78 is 17.3. The maximum Gasteiger partial charge on any atom is 0.416 e. The fourth-order valence-electron chi connectivity index (χ4n) is 5.80. The molecule has 6 rings (SSSR count). The van der Waals surface area contributed by atoms with Crippen LogP contribution in [0.4, 0.5) is 16.3 Å². The van der Waals surface area contributed by atoms with Gasteiger partial charge in [-0.1, -0.05) is 6.42 Å². The molecule has 2 aromatic heterocycles. The molecule has 4 fully saturated rings. The maximum absolute atomic E-state index is 12.6. The summed E-state index contributed by atoms with van der Waals surface area (Å²) in [6, 6.07) is 8.51. The fraction of sp³-hybridized carbons (Fsp3) is 0.593. The second kappa shape index (κ2) is 9.76. The topological polar surface area (TPSA) is 80.3 Å². The summed E-state index contributed by atoms with van der Waals surface area (Å²) in [6.45, 7) is 4.40. The van der Waals surface area contributed by atoms with E-state index in [1.165, 1.54) is 19.3 Å². The third-order valence-corrected chi connectivity index (χ3v) is 8.32. The van der Waals surface area contributed by atoms with Crippen molar-refractivity contribution in [3.63, 3.8) is 0 Å². The van der Waals surface area contributed by atoms with E-state index in [-0.39, 0.29) is 12.2 Å². The van der Waals surface area contributed by atoms with Gasteiger partial charge in [0.25, 0.3) is 0 Å². The van der Waals surface area contributed by atoms with Crippen LogP contribution in [0.3, 0.4) is 0 Å². The summed E-state index contributed by atoms with van der Waals surface area (Å²) in [6.07, 6.45) is 11.3. The highest BCUT2D eigenvalue weighted by Crippen LogP contribution is 2.37. The molecule has 0 aromatic carbocycles. The van der Waals surface area contributed by atoms with Crippen molar-refractivity contribution in [3.8, 4) is 11.6 Å². The molecule has 0 unspecified atom stereocenters. The third kappa shape index (κ3) is 4.68. The standard InChI is InChI=1S/C27H35N5O4/c1-34-23-6-7-24(28-18-23)32-19-27(36-26(32)33)11-15-31(16-12-27)21-5-8-25(29-17-21)35-22-9-13-30(14-10-22)20-3-2-4-20/h5-8,17-18,20,22H,2-4,9-16,19H2,1H3. The Kier molecular flexibility index (Phi) is 6.33. The Bertz CT molecular complexity index is 1040. The first-order chi connectivity index (χ1) is 17.6. The van der Waals surface area contributed by atoms with Crippen molar-refractivity contribution < 1.29 is 19.0 Å². The van der Waals surface area contributed by atoms with Gasteiger partial charge in [0.1, 0.15) is 23.3 Å². The van der Waals surface area contributed by atoms with E-state index in [0.717, 1.165) is 63.6 Å². The SMILES string of the molecule is COc1ccc(N2CC3(CCN(c4ccc(OC5CCN(C6CCC6)CC5)nc4)CC3)OC2=O)nc1. The molecule has 0 radical (unpaired) electrons. The number of hydrogen-bond donors (Lipinski definition) is 0. The van der Waals surface area contributed by atoms with E-state index in [0.29, 0.717) is 24.0 Å². The number of ether oxygens (including phenoxy) is 3. The molecule has 192 valence electrons. The lowest BCUT2D eigenvalue weighted by atomic mass is 9.90. The average Bonchev–Trinajstić information content (AvgIpc) is 3.20. The monoisotopic (exact) mass is 493 g/mol. The van der Waals surface area contributed by atoms with E-state index in [9.17, 15) is 4.79 Å². The summed E-state index contributed by atoms with van der Waals surface area (Å²) in [4.78, 5) is 28.1. The van der Waals surface area contributed by atoms with E-state index >= 15 is 0 Å². The largest absolute Gasteiger partial charge is 0.495 e. The van der Waals surface area contributed by atoms with Crippen LogP contribution in [0, 0.1) is 0 Å². The van der Waals surface area contributed by atoms with Crippen LogP contribution < -0.4 is 19.3 Å². The molecule has 3 aliphatic heterocycles. The molecule has 9 heteroatoms. The first-order valence-electron chi connectivity index (χ1n) is 13.2. The van der Waals surface area contributed by atoms with Crippen LogP contribution in [0.1, 0.15) is 44.9 Å². The zero-order valence-electron chi connectivity index (χ0n) is 21.0. The van der Waals surface area contributed by atoms with Crippen LogP contribution in [0.25, 0.3) is 0 Å². The Morgan fingerprint density at radius 1 is 0.972 bits per heavy atom. The Balaban J connectivity index is 1.00. The summed E-state index contributed by atoms with van der Waals surface area (Å²) >= 11 is 0. The maximum atomic E-state index is 12.6. The van der Waals surface area contributed by atoms with Crippen molar-refractivity contribution >= 4 is 17.6 Å². The Morgan fingerprint density at radius 2 is 1.78 bits per heavy atom. The van der Waals surface area contributed by atoms with Crippen LogP contribution in [0.15, 0.2) is 36.7 Å². The highest BCUT2D eigenvalue weighted by Gasteiger charge is 2.48. The zero-order valence-corrected chi connectivity index (χ0v) is 21.0. The van der Waals surface area contributed by atoms with Gasteiger partial charge in [0, 0.05) is 51.1 Å². The molecule has 0 N–H and O–H groups in total. The number of hydrogen-bond acceptors (Lipinski definition) is 8.